The smallest absolute Gasteiger partial charge is 0.366 e. The molecule has 0 bridgehead atoms. The van der Waals surface area contributed by atoms with Crippen molar-refractivity contribution in [2.24, 2.45) is 0 Å². The molecule has 118 valence electrons. The van der Waals surface area contributed by atoms with Crippen LogP contribution in [0, 0.1) is 0 Å². The fraction of sp³-hybridized carbons (Fsp3) is 0.500. The average Bonchev–Trinajstić information content (AvgIpc) is 2.52. The average molecular weight is 316 g/mol. The van der Waals surface area contributed by atoms with Gasteiger partial charge in [0.2, 0.25) is 0 Å². The minimum atomic E-state index is -3.60. The van der Waals surface area contributed by atoms with Crippen LogP contribution in [0.3, 0.4) is 0 Å². The van der Waals surface area contributed by atoms with Gasteiger partial charge < -0.3 is 14.2 Å². The Balaban J connectivity index is 3.08. The highest BCUT2D eigenvalue weighted by atomic mass is 32.2. The molecule has 1 aromatic carbocycles. The van der Waals surface area contributed by atoms with E-state index >= 15 is 0 Å². The summed E-state index contributed by atoms with van der Waals surface area (Å²) >= 11 is 0. The third-order valence-corrected chi connectivity index (χ3v) is 5.47. The standard InChI is InChI=1S/C14H20O6S/c1-11(10-14(19-3,20-4)13(15)18-2)21(16,17)12-8-6-5-7-9-12/h5-9,11H,10H2,1-4H3. The van der Waals surface area contributed by atoms with Crippen molar-refractivity contribution in [1.29, 1.82) is 0 Å². The van der Waals surface area contributed by atoms with E-state index in [1.807, 2.05) is 0 Å². The maximum atomic E-state index is 12.5. The van der Waals surface area contributed by atoms with Gasteiger partial charge in [-0.15, -0.1) is 0 Å². The lowest BCUT2D eigenvalue weighted by Gasteiger charge is -2.30. The van der Waals surface area contributed by atoms with Crippen LogP contribution in [0.15, 0.2) is 35.2 Å². The summed E-state index contributed by atoms with van der Waals surface area (Å²) in [5.41, 5.74) is 0. The van der Waals surface area contributed by atoms with Crippen LogP contribution >= 0.6 is 0 Å². The Hall–Kier alpha value is -1.44. The number of ether oxygens (including phenoxy) is 3. The summed E-state index contributed by atoms with van der Waals surface area (Å²) < 4.78 is 39.8. The first-order chi connectivity index (χ1) is 9.84. The molecule has 0 fully saturated rings. The summed E-state index contributed by atoms with van der Waals surface area (Å²) in [5, 5.41) is -0.890. The molecule has 1 atom stereocenters. The van der Waals surface area contributed by atoms with Gasteiger partial charge in [-0.25, -0.2) is 13.2 Å². The molecule has 0 saturated heterocycles. The number of carbonyl (C=O) groups is 1. The summed E-state index contributed by atoms with van der Waals surface area (Å²) in [4.78, 5) is 12.0. The van der Waals surface area contributed by atoms with Gasteiger partial charge in [0.15, 0.2) is 9.84 Å². The van der Waals surface area contributed by atoms with Crippen LogP contribution in [0.5, 0.6) is 0 Å². The van der Waals surface area contributed by atoms with E-state index in [-0.39, 0.29) is 11.3 Å². The summed E-state index contributed by atoms with van der Waals surface area (Å²) in [6.07, 6.45) is -0.177. The number of carbonyl (C=O) groups excluding carboxylic acids is 1. The highest BCUT2D eigenvalue weighted by Gasteiger charge is 2.44. The monoisotopic (exact) mass is 316 g/mol. The predicted molar refractivity (Wildman–Crippen MR) is 76.5 cm³/mol. The third kappa shape index (κ3) is 3.61. The van der Waals surface area contributed by atoms with Crippen molar-refractivity contribution in [3.8, 4) is 0 Å². The van der Waals surface area contributed by atoms with Gasteiger partial charge in [-0.1, -0.05) is 18.2 Å². The normalized spacial score (nSPS) is 13.7. The topological polar surface area (TPSA) is 78.9 Å². The number of hydrogen-bond acceptors (Lipinski definition) is 6. The molecular formula is C14H20O6S. The fourth-order valence-corrected chi connectivity index (χ4v) is 3.43. The zero-order valence-corrected chi connectivity index (χ0v) is 13.3. The van der Waals surface area contributed by atoms with Crippen LogP contribution in [0.4, 0.5) is 0 Å². The lowest BCUT2D eigenvalue weighted by molar-refractivity contribution is -0.229. The summed E-state index contributed by atoms with van der Waals surface area (Å²) in [6.45, 7) is 1.50. The fourth-order valence-electron chi connectivity index (χ4n) is 1.99. The van der Waals surface area contributed by atoms with Crippen LogP contribution in [0.25, 0.3) is 0 Å². The molecule has 0 aromatic heterocycles. The molecule has 1 unspecified atom stereocenters. The molecule has 0 N–H and O–H groups in total. The lowest BCUT2D eigenvalue weighted by Crippen LogP contribution is -2.47. The molecule has 7 heteroatoms. The van der Waals surface area contributed by atoms with Gasteiger partial charge in [0.25, 0.3) is 5.79 Å². The highest BCUT2D eigenvalue weighted by Crippen LogP contribution is 2.27. The zero-order chi connectivity index (χ0) is 16.1. The highest BCUT2D eigenvalue weighted by molar-refractivity contribution is 7.92. The van der Waals surface area contributed by atoms with E-state index in [0.717, 1.165) is 0 Å². The second kappa shape index (κ2) is 7.02. The van der Waals surface area contributed by atoms with Crippen molar-refractivity contribution in [3.63, 3.8) is 0 Å². The summed E-state index contributed by atoms with van der Waals surface area (Å²) in [7, 11) is 0.116. The number of hydrogen-bond donors (Lipinski definition) is 0. The van der Waals surface area contributed by atoms with Gasteiger partial charge >= 0.3 is 5.97 Å². The van der Waals surface area contributed by atoms with Crippen LogP contribution < -0.4 is 0 Å². The number of methoxy groups -OCH3 is 3. The quantitative estimate of drug-likeness (QED) is 0.559. The van der Waals surface area contributed by atoms with Crippen LogP contribution in [-0.4, -0.2) is 46.8 Å². The Bertz CT molecular complexity index is 562. The zero-order valence-electron chi connectivity index (χ0n) is 12.5. The molecule has 0 aliphatic rings. The first-order valence-electron chi connectivity index (χ1n) is 6.31. The number of esters is 1. The van der Waals surface area contributed by atoms with E-state index in [1.54, 1.807) is 18.2 Å². The van der Waals surface area contributed by atoms with E-state index in [0.29, 0.717) is 0 Å². The summed E-state index contributed by atoms with van der Waals surface area (Å²) in [5.74, 6) is -2.52. The van der Waals surface area contributed by atoms with Crippen LogP contribution in [0.1, 0.15) is 13.3 Å². The van der Waals surface area contributed by atoms with Crippen molar-refractivity contribution in [1.82, 2.24) is 0 Å². The van der Waals surface area contributed by atoms with Gasteiger partial charge in [0.05, 0.1) is 17.3 Å². The second-order valence-corrected chi connectivity index (χ2v) is 6.89. The SMILES string of the molecule is COC(=O)C(CC(C)S(=O)(=O)c1ccccc1)(OC)OC. The summed E-state index contributed by atoms with van der Waals surface area (Å²) in [6, 6.07) is 8.02. The lowest BCUT2D eigenvalue weighted by atomic mass is 10.1. The van der Waals surface area contributed by atoms with Crippen molar-refractivity contribution >= 4 is 15.8 Å². The third-order valence-electron chi connectivity index (χ3n) is 3.31. The van der Waals surface area contributed by atoms with Gasteiger partial charge in [-0.05, 0) is 19.1 Å². The second-order valence-electron chi connectivity index (χ2n) is 4.53. The Morgan fingerprint density at radius 3 is 2.10 bits per heavy atom. The van der Waals surface area contributed by atoms with Gasteiger partial charge in [0, 0.05) is 20.6 Å². The molecule has 0 saturated carbocycles. The molecule has 0 spiro atoms. The Labute approximate surface area is 124 Å². The molecule has 0 radical (unpaired) electrons. The van der Waals surface area contributed by atoms with Crippen LogP contribution in [0.2, 0.25) is 0 Å². The molecule has 0 aliphatic carbocycles. The molecule has 21 heavy (non-hydrogen) atoms. The van der Waals surface area contributed by atoms with Crippen LogP contribution in [-0.2, 0) is 28.8 Å². The minimum absolute atomic E-state index is 0.177. The van der Waals surface area contributed by atoms with E-state index in [2.05, 4.69) is 4.74 Å². The number of benzene rings is 1. The molecular weight excluding hydrogens is 296 g/mol. The van der Waals surface area contributed by atoms with E-state index in [9.17, 15) is 13.2 Å². The Kier molecular flexibility index (Phi) is 5.88. The first kappa shape index (κ1) is 17.6. The Morgan fingerprint density at radius 2 is 1.67 bits per heavy atom. The number of rotatable bonds is 7. The molecule has 0 aliphatic heterocycles. The van der Waals surface area contributed by atoms with Crippen molar-refractivity contribution < 1.29 is 27.4 Å². The molecule has 0 amide bonds. The minimum Gasteiger partial charge on any atom is -0.465 e. The maximum absolute atomic E-state index is 12.5. The van der Waals surface area contributed by atoms with Crippen molar-refractivity contribution in [2.45, 2.75) is 29.3 Å². The largest absolute Gasteiger partial charge is 0.465 e. The molecule has 1 aromatic rings. The van der Waals surface area contributed by atoms with E-state index in [1.165, 1.54) is 40.4 Å². The van der Waals surface area contributed by atoms with Gasteiger partial charge in [0.1, 0.15) is 0 Å². The van der Waals surface area contributed by atoms with Crippen molar-refractivity contribution in [2.75, 3.05) is 21.3 Å². The first-order valence-corrected chi connectivity index (χ1v) is 7.86. The maximum Gasteiger partial charge on any atom is 0.366 e. The predicted octanol–water partition coefficient (Wildman–Crippen LogP) is 1.40. The molecule has 1 rings (SSSR count). The van der Waals surface area contributed by atoms with E-state index < -0.39 is 26.8 Å². The Morgan fingerprint density at radius 1 is 1.14 bits per heavy atom. The molecule has 0 heterocycles. The van der Waals surface area contributed by atoms with Gasteiger partial charge in [-0.3, -0.25) is 0 Å². The molecule has 6 nitrogen and oxygen atoms in total. The van der Waals surface area contributed by atoms with E-state index in [4.69, 9.17) is 9.47 Å². The number of sulfone groups is 1. The van der Waals surface area contributed by atoms with Gasteiger partial charge in [-0.2, -0.15) is 0 Å². The van der Waals surface area contributed by atoms with Crippen molar-refractivity contribution in [3.05, 3.63) is 30.3 Å².